The Morgan fingerprint density at radius 3 is 2.67 bits per heavy atom. The van der Waals surface area contributed by atoms with Crippen molar-refractivity contribution in [1.82, 2.24) is 9.88 Å². The van der Waals surface area contributed by atoms with Gasteiger partial charge in [0.25, 0.3) is 0 Å². The second-order valence-corrected chi connectivity index (χ2v) is 6.88. The third-order valence-electron chi connectivity index (χ3n) is 3.05. The van der Waals surface area contributed by atoms with E-state index in [0.717, 1.165) is 15.5 Å². The van der Waals surface area contributed by atoms with E-state index < -0.39 is 0 Å². The van der Waals surface area contributed by atoms with E-state index in [1.54, 1.807) is 0 Å². The van der Waals surface area contributed by atoms with Gasteiger partial charge in [-0.15, -0.1) is 11.8 Å². The summed E-state index contributed by atoms with van der Waals surface area (Å²) in [5.41, 5.74) is 7.73. The molecule has 6 heteroatoms. The van der Waals surface area contributed by atoms with Crippen LogP contribution in [-0.4, -0.2) is 28.1 Å². The van der Waals surface area contributed by atoms with Gasteiger partial charge in [-0.1, -0.05) is 41.7 Å². The van der Waals surface area contributed by atoms with Crippen LogP contribution in [0.15, 0.2) is 34.5 Å². The minimum Gasteiger partial charge on any atom is -0.375 e. The van der Waals surface area contributed by atoms with Crippen LogP contribution in [-0.2, 0) is 11.3 Å². The van der Waals surface area contributed by atoms with Crippen LogP contribution in [0.1, 0.15) is 18.2 Å². The Morgan fingerprint density at radius 1 is 1.38 bits per heavy atom. The fourth-order valence-electron chi connectivity index (χ4n) is 1.94. The van der Waals surface area contributed by atoms with Gasteiger partial charge < -0.3 is 10.6 Å². The van der Waals surface area contributed by atoms with Crippen LogP contribution >= 0.6 is 23.1 Å². The number of thiazole rings is 1. The fourth-order valence-corrected chi connectivity index (χ4v) is 3.86. The van der Waals surface area contributed by atoms with Crippen LogP contribution in [0.2, 0.25) is 0 Å². The van der Waals surface area contributed by atoms with Gasteiger partial charge in [-0.25, -0.2) is 4.98 Å². The zero-order valence-electron chi connectivity index (χ0n) is 12.2. The minimum atomic E-state index is 0.137. The molecule has 4 nitrogen and oxygen atoms in total. The van der Waals surface area contributed by atoms with Gasteiger partial charge in [0.1, 0.15) is 0 Å². The number of rotatable bonds is 6. The Hall–Kier alpha value is -1.53. The lowest BCUT2D eigenvalue weighted by Crippen LogP contribution is -2.31. The number of thioether (sulfide) groups is 1. The standard InChI is InChI=1S/C15H19N3OS2/c1-3-18(9-12-7-5-4-6-8-12)13(19)10-20-14-11(2)17-15(16)21-14/h4-8H,3,9-10H2,1-2H3,(H2,16,17). The summed E-state index contributed by atoms with van der Waals surface area (Å²) in [6.07, 6.45) is 0. The predicted octanol–water partition coefficient (Wildman–Crippen LogP) is 3.17. The summed E-state index contributed by atoms with van der Waals surface area (Å²) >= 11 is 2.95. The fraction of sp³-hybridized carbons (Fsp3) is 0.333. The second kappa shape index (κ2) is 7.47. The van der Waals surface area contributed by atoms with Crippen molar-refractivity contribution < 1.29 is 4.79 Å². The number of carbonyl (C=O) groups is 1. The molecule has 0 bridgehead atoms. The van der Waals surface area contributed by atoms with Crippen molar-refractivity contribution in [3.8, 4) is 0 Å². The molecule has 0 fully saturated rings. The van der Waals surface area contributed by atoms with Crippen LogP contribution in [0.25, 0.3) is 0 Å². The monoisotopic (exact) mass is 321 g/mol. The smallest absolute Gasteiger partial charge is 0.233 e. The van der Waals surface area contributed by atoms with Crippen molar-refractivity contribution >= 4 is 34.1 Å². The molecule has 2 rings (SSSR count). The number of aryl methyl sites for hydroxylation is 1. The molecule has 0 saturated carbocycles. The molecular weight excluding hydrogens is 302 g/mol. The van der Waals surface area contributed by atoms with E-state index in [9.17, 15) is 4.79 Å². The molecule has 2 N–H and O–H groups in total. The van der Waals surface area contributed by atoms with E-state index in [0.29, 0.717) is 24.0 Å². The minimum absolute atomic E-state index is 0.137. The summed E-state index contributed by atoms with van der Waals surface area (Å²) in [6, 6.07) is 10.0. The highest BCUT2D eigenvalue weighted by atomic mass is 32.2. The van der Waals surface area contributed by atoms with Gasteiger partial charge in [-0.05, 0) is 19.4 Å². The highest BCUT2D eigenvalue weighted by molar-refractivity contribution is 8.01. The first-order chi connectivity index (χ1) is 10.1. The number of carbonyl (C=O) groups excluding carboxylic acids is 1. The van der Waals surface area contributed by atoms with Gasteiger partial charge in [0.2, 0.25) is 5.91 Å². The van der Waals surface area contributed by atoms with E-state index in [-0.39, 0.29) is 5.91 Å². The Balaban J connectivity index is 1.93. The SMILES string of the molecule is CCN(Cc1ccccc1)C(=O)CSc1sc(N)nc1C. The Kier molecular flexibility index (Phi) is 5.64. The second-order valence-electron chi connectivity index (χ2n) is 4.61. The van der Waals surface area contributed by atoms with E-state index >= 15 is 0 Å². The molecule has 0 atom stereocenters. The zero-order chi connectivity index (χ0) is 15.2. The summed E-state index contributed by atoms with van der Waals surface area (Å²) in [5, 5.41) is 0.555. The van der Waals surface area contributed by atoms with Gasteiger partial charge >= 0.3 is 0 Å². The third-order valence-corrected chi connectivity index (χ3v) is 5.38. The molecule has 1 aromatic heterocycles. The molecule has 0 aliphatic carbocycles. The Bertz CT molecular complexity index is 598. The molecule has 1 heterocycles. The number of amides is 1. The average molecular weight is 321 g/mol. The van der Waals surface area contributed by atoms with Crippen LogP contribution in [0.5, 0.6) is 0 Å². The molecule has 1 amide bonds. The summed E-state index contributed by atoms with van der Waals surface area (Å²) < 4.78 is 1.02. The first-order valence-electron chi connectivity index (χ1n) is 6.77. The molecule has 0 spiro atoms. The molecule has 112 valence electrons. The lowest BCUT2D eigenvalue weighted by molar-refractivity contribution is -0.128. The maximum absolute atomic E-state index is 12.3. The maximum Gasteiger partial charge on any atom is 0.233 e. The Morgan fingerprint density at radius 2 is 2.10 bits per heavy atom. The lowest BCUT2D eigenvalue weighted by Gasteiger charge is -2.20. The number of nitrogens with two attached hydrogens (primary N) is 1. The van der Waals surface area contributed by atoms with Crippen molar-refractivity contribution in [3.05, 3.63) is 41.6 Å². The zero-order valence-corrected chi connectivity index (χ0v) is 13.8. The van der Waals surface area contributed by atoms with Gasteiger partial charge in [-0.3, -0.25) is 4.79 Å². The summed E-state index contributed by atoms with van der Waals surface area (Å²) in [6.45, 7) is 5.28. The van der Waals surface area contributed by atoms with Crippen molar-refractivity contribution in [2.45, 2.75) is 24.6 Å². The normalized spacial score (nSPS) is 10.6. The number of aromatic nitrogens is 1. The molecule has 1 aromatic carbocycles. The first kappa shape index (κ1) is 15.9. The topological polar surface area (TPSA) is 59.2 Å². The highest BCUT2D eigenvalue weighted by Crippen LogP contribution is 2.30. The number of anilines is 1. The van der Waals surface area contributed by atoms with Gasteiger partial charge in [0.05, 0.1) is 15.7 Å². The Labute approximate surface area is 133 Å². The molecular formula is C15H19N3OS2. The van der Waals surface area contributed by atoms with Crippen LogP contribution < -0.4 is 5.73 Å². The van der Waals surface area contributed by atoms with Crippen molar-refractivity contribution in [2.24, 2.45) is 0 Å². The summed E-state index contributed by atoms with van der Waals surface area (Å²) in [7, 11) is 0. The van der Waals surface area contributed by atoms with Gasteiger partial charge in [-0.2, -0.15) is 0 Å². The van der Waals surface area contributed by atoms with Gasteiger partial charge in [0.15, 0.2) is 5.13 Å². The molecule has 0 radical (unpaired) electrons. The first-order valence-corrected chi connectivity index (χ1v) is 8.57. The predicted molar refractivity (Wildman–Crippen MR) is 89.5 cm³/mol. The molecule has 21 heavy (non-hydrogen) atoms. The van der Waals surface area contributed by atoms with E-state index in [1.807, 2.05) is 49.1 Å². The van der Waals surface area contributed by atoms with Crippen molar-refractivity contribution in [3.63, 3.8) is 0 Å². The average Bonchev–Trinajstić information content (AvgIpc) is 2.81. The molecule has 2 aromatic rings. The van der Waals surface area contributed by atoms with Crippen LogP contribution in [0.4, 0.5) is 5.13 Å². The molecule has 0 aliphatic heterocycles. The molecule has 0 unspecified atom stereocenters. The number of nitrogens with zero attached hydrogens (tertiary/aromatic N) is 2. The van der Waals surface area contributed by atoms with E-state index in [2.05, 4.69) is 4.98 Å². The largest absolute Gasteiger partial charge is 0.375 e. The highest BCUT2D eigenvalue weighted by Gasteiger charge is 2.14. The summed E-state index contributed by atoms with van der Waals surface area (Å²) in [4.78, 5) is 18.4. The molecule has 0 saturated heterocycles. The molecule has 0 aliphatic rings. The number of hydrogen-bond acceptors (Lipinski definition) is 5. The van der Waals surface area contributed by atoms with Crippen molar-refractivity contribution in [2.75, 3.05) is 18.0 Å². The number of benzene rings is 1. The quantitative estimate of drug-likeness (QED) is 0.830. The lowest BCUT2D eigenvalue weighted by atomic mass is 10.2. The van der Waals surface area contributed by atoms with E-state index in [4.69, 9.17) is 5.73 Å². The number of hydrogen-bond donors (Lipinski definition) is 1. The third kappa shape index (κ3) is 4.47. The van der Waals surface area contributed by atoms with Crippen molar-refractivity contribution in [1.29, 1.82) is 0 Å². The van der Waals surface area contributed by atoms with Crippen LogP contribution in [0.3, 0.4) is 0 Å². The van der Waals surface area contributed by atoms with E-state index in [1.165, 1.54) is 23.1 Å². The van der Waals surface area contributed by atoms with Crippen LogP contribution in [0, 0.1) is 6.92 Å². The number of nitrogen functional groups attached to an aromatic ring is 1. The maximum atomic E-state index is 12.3. The van der Waals surface area contributed by atoms with Gasteiger partial charge in [0, 0.05) is 13.1 Å². The summed E-state index contributed by atoms with van der Waals surface area (Å²) in [5.74, 6) is 0.557.